The highest BCUT2D eigenvalue weighted by Crippen LogP contribution is 2.31. The van der Waals surface area contributed by atoms with Gasteiger partial charge in [-0.05, 0) is 49.3 Å². The van der Waals surface area contributed by atoms with Gasteiger partial charge in [-0.1, -0.05) is 17.3 Å². The van der Waals surface area contributed by atoms with Gasteiger partial charge in [0.2, 0.25) is 5.89 Å². The molecular weight excluding hydrogens is 363 g/mol. The molecule has 0 radical (unpaired) electrons. The number of ether oxygens (including phenoxy) is 1. The molecule has 2 heterocycles. The standard InChI is InChI=1S/C20H25FN4O3/c21-16-7-5-14(6-8-16)12-22-20(26)25-10-1-2-17(25)19-23-18(24-28-19)9-11-27-13-15-3-4-15/h5-8,15,17H,1-4,9-13H2,(H,22,26). The molecule has 1 saturated carbocycles. The summed E-state index contributed by atoms with van der Waals surface area (Å²) in [6.07, 6.45) is 4.83. The van der Waals surface area contributed by atoms with E-state index in [0.717, 1.165) is 30.9 Å². The number of carbonyl (C=O) groups excluding carboxylic acids is 1. The average molecular weight is 388 g/mol. The maximum Gasteiger partial charge on any atom is 0.318 e. The molecule has 1 atom stereocenters. The molecule has 0 spiro atoms. The topological polar surface area (TPSA) is 80.5 Å². The first-order chi connectivity index (χ1) is 13.7. The SMILES string of the molecule is O=C(NCc1ccc(F)cc1)N1CCCC1c1nc(CCOCC2CC2)no1. The smallest absolute Gasteiger partial charge is 0.318 e. The Hall–Kier alpha value is -2.48. The fraction of sp³-hybridized carbons (Fsp3) is 0.550. The largest absolute Gasteiger partial charge is 0.381 e. The summed E-state index contributed by atoms with van der Waals surface area (Å²) in [5.74, 6) is 1.54. The number of hydrogen-bond donors (Lipinski definition) is 1. The number of hydrogen-bond acceptors (Lipinski definition) is 5. The van der Waals surface area contributed by atoms with Gasteiger partial charge < -0.3 is 19.5 Å². The molecule has 2 aliphatic rings. The summed E-state index contributed by atoms with van der Waals surface area (Å²) in [5.41, 5.74) is 0.844. The maximum atomic E-state index is 13.0. The molecule has 1 unspecified atom stereocenters. The third kappa shape index (κ3) is 4.86. The van der Waals surface area contributed by atoms with Gasteiger partial charge in [-0.3, -0.25) is 0 Å². The summed E-state index contributed by atoms with van der Waals surface area (Å²) in [4.78, 5) is 18.8. The zero-order valence-electron chi connectivity index (χ0n) is 15.8. The van der Waals surface area contributed by atoms with Crippen LogP contribution < -0.4 is 5.32 Å². The first-order valence-electron chi connectivity index (χ1n) is 9.88. The number of urea groups is 1. The highest BCUT2D eigenvalue weighted by Gasteiger charge is 2.34. The van der Waals surface area contributed by atoms with E-state index in [4.69, 9.17) is 9.26 Å². The Labute approximate surface area is 163 Å². The first kappa shape index (κ1) is 18.9. The van der Waals surface area contributed by atoms with Crippen LogP contribution in [0.1, 0.15) is 49.0 Å². The Morgan fingerprint density at radius 1 is 1.29 bits per heavy atom. The van der Waals surface area contributed by atoms with E-state index in [2.05, 4.69) is 15.5 Å². The normalized spacial score (nSPS) is 19.2. The molecule has 1 aliphatic heterocycles. The number of nitrogens with zero attached hydrogens (tertiary/aromatic N) is 3. The second-order valence-corrected chi connectivity index (χ2v) is 7.45. The Bertz CT molecular complexity index is 791. The van der Waals surface area contributed by atoms with Crippen LogP contribution in [0.15, 0.2) is 28.8 Å². The molecule has 8 heteroatoms. The number of rotatable bonds is 8. The zero-order chi connectivity index (χ0) is 19.3. The summed E-state index contributed by atoms with van der Waals surface area (Å²) in [7, 11) is 0. The van der Waals surface area contributed by atoms with E-state index in [1.807, 2.05) is 0 Å². The minimum atomic E-state index is -0.292. The number of aromatic nitrogens is 2. The third-order valence-electron chi connectivity index (χ3n) is 5.16. The van der Waals surface area contributed by atoms with Gasteiger partial charge in [0.05, 0.1) is 6.61 Å². The van der Waals surface area contributed by atoms with Crippen molar-refractivity contribution in [1.29, 1.82) is 0 Å². The lowest BCUT2D eigenvalue weighted by atomic mass is 10.2. The van der Waals surface area contributed by atoms with Gasteiger partial charge >= 0.3 is 6.03 Å². The molecule has 1 aliphatic carbocycles. The van der Waals surface area contributed by atoms with E-state index in [1.165, 1.54) is 25.0 Å². The molecule has 28 heavy (non-hydrogen) atoms. The number of likely N-dealkylation sites (tertiary alicyclic amines) is 1. The molecule has 2 aromatic rings. The predicted octanol–water partition coefficient (Wildman–Crippen LogP) is 3.22. The number of nitrogens with one attached hydrogen (secondary N) is 1. The van der Waals surface area contributed by atoms with E-state index < -0.39 is 0 Å². The van der Waals surface area contributed by atoms with Crippen molar-refractivity contribution in [1.82, 2.24) is 20.4 Å². The molecule has 2 amide bonds. The van der Waals surface area contributed by atoms with Gasteiger partial charge in [-0.15, -0.1) is 0 Å². The number of benzene rings is 1. The highest BCUT2D eigenvalue weighted by atomic mass is 19.1. The molecule has 1 aromatic heterocycles. The van der Waals surface area contributed by atoms with Crippen LogP contribution in [0.3, 0.4) is 0 Å². The van der Waals surface area contributed by atoms with Gasteiger partial charge in [0.25, 0.3) is 0 Å². The Morgan fingerprint density at radius 2 is 2.11 bits per heavy atom. The Balaban J connectivity index is 1.28. The summed E-state index contributed by atoms with van der Waals surface area (Å²) >= 11 is 0. The first-order valence-corrected chi connectivity index (χ1v) is 9.88. The van der Waals surface area contributed by atoms with E-state index in [-0.39, 0.29) is 17.9 Å². The predicted molar refractivity (Wildman–Crippen MR) is 98.9 cm³/mol. The average Bonchev–Trinajstić information content (AvgIpc) is 3.19. The van der Waals surface area contributed by atoms with Crippen LogP contribution in [0.5, 0.6) is 0 Å². The number of halogens is 1. The van der Waals surface area contributed by atoms with Crippen LogP contribution in [-0.4, -0.2) is 40.8 Å². The van der Waals surface area contributed by atoms with Gasteiger partial charge in [-0.2, -0.15) is 4.98 Å². The van der Waals surface area contributed by atoms with Crippen molar-refractivity contribution in [2.75, 3.05) is 19.8 Å². The molecule has 1 N–H and O–H groups in total. The Morgan fingerprint density at radius 3 is 2.89 bits per heavy atom. The summed E-state index contributed by atoms with van der Waals surface area (Å²) < 4.78 is 24.0. The van der Waals surface area contributed by atoms with Crippen molar-refractivity contribution in [2.24, 2.45) is 5.92 Å². The minimum absolute atomic E-state index is 0.181. The minimum Gasteiger partial charge on any atom is -0.381 e. The van der Waals surface area contributed by atoms with E-state index >= 15 is 0 Å². The number of amides is 2. The van der Waals surface area contributed by atoms with Gasteiger partial charge in [0.1, 0.15) is 11.9 Å². The van der Waals surface area contributed by atoms with Crippen LogP contribution in [-0.2, 0) is 17.7 Å². The lowest BCUT2D eigenvalue weighted by molar-refractivity contribution is 0.125. The summed E-state index contributed by atoms with van der Waals surface area (Å²) in [6.45, 7) is 2.38. The molecule has 7 nitrogen and oxygen atoms in total. The van der Waals surface area contributed by atoms with Crippen LogP contribution in [0.2, 0.25) is 0 Å². The van der Waals surface area contributed by atoms with E-state index in [9.17, 15) is 9.18 Å². The van der Waals surface area contributed by atoms with Crippen LogP contribution in [0.25, 0.3) is 0 Å². The zero-order valence-corrected chi connectivity index (χ0v) is 15.8. The van der Waals surface area contributed by atoms with Crippen molar-refractivity contribution >= 4 is 6.03 Å². The van der Waals surface area contributed by atoms with Crippen molar-refractivity contribution in [2.45, 2.75) is 44.7 Å². The fourth-order valence-electron chi connectivity index (χ4n) is 3.35. The second-order valence-electron chi connectivity index (χ2n) is 7.45. The fourth-order valence-corrected chi connectivity index (χ4v) is 3.35. The second kappa shape index (κ2) is 8.68. The summed E-state index contributed by atoms with van der Waals surface area (Å²) in [6, 6.07) is 5.70. The molecule has 2 fully saturated rings. The monoisotopic (exact) mass is 388 g/mol. The Kier molecular flexibility index (Phi) is 5.85. The summed E-state index contributed by atoms with van der Waals surface area (Å²) in [5, 5.41) is 6.91. The van der Waals surface area contributed by atoms with Gasteiger partial charge in [-0.25, -0.2) is 9.18 Å². The maximum absolute atomic E-state index is 13.0. The highest BCUT2D eigenvalue weighted by molar-refractivity contribution is 5.74. The lowest BCUT2D eigenvalue weighted by Crippen LogP contribution is -2.39. The van der Waals surface area contributed by atoms with Crippen molar-refractivity contribution in [3.8, 4) is 0 Å². The van der Waals surface area contributed by atoms with Crippen molar-refractivity contribution in [3.05, 3.63) is 47.4 Å². The van der Waals surface area contributed by atoms with Gasteiger partial charge in [0.15, 0.2) is 5.82 Å². The molecule has 1 saturated heterocycles. The third-order valence-corrected chi connectivity index (χ3v) is 5.16. The molecule has 4 rings (SSSR count). The van der Waals surface area contributed by atoms with Crippen molar-refractivity contribution < 1.29 is 18.4 Å². The lowest BCUT2D eigenvalue weighted by Gasteiger charge is -2.22. The van der Waals surface area contributed by atoms with E-state index in [1.54, 1.807) is 17.0 Å². The van der Waals surface area contributed by atoms with Crippen LogP contribution in [0, 0.1) is 11.7 Å². The van der Waals surface area contributed by atoms with Crippen LogP contribution >= 0.6 is 0 Å². The van der Waals surface area contributed by atoms with Crippen LogP contribution in [0.4, 0.5) is 9.18 Å². The quantitative estimate of drug-likeness (QED) is 0.703. The van der Waals surface area contributed by atoms with Crippen molar-refractivity contribution in [3.63, 3.8) is 0 Å². The molecule has 0 bridgehead atoms. The van der Waals surface area contributed by atoms with E-state index in [0.29, 0.717) is 37.8 Å². The molecule has 1 aromatic carbocycles. The molecular formula is C20H25FN4O3. The molecule has 150 valence electrons. The van der Waals surface area contributed by atoms with Gasteiger partial charge in [0, 0.05) is 26.1 Å². The number of carbonyl (C=O) groups is 1.